The number of nitrogens with one attached hydrogen (secondary N) is 1. The third-order valence-electron chi connectivity index (χ3n) is 5.72. The summed E-state index contributed by atoms with van der Waals surface area (Å²) < 4.78 is 15.9. The Kier molecular flexibility index (Phi) is 5.68. The zero-order valence-electron chi connectivity index (χ0n) is 15.8. The number of nitrogens with zero attached hydrogens (tertiary/aromatic N) is 3. The van der Waals surface area contributed by atoms with E-state index in [0.717, 1.165) is 73.8 Å². The minimum atomic E-state index is -0.248. The van der Waals surface area contributed by atoms with Crippen LogP contribution in [0.2, 0.25) is 0 Å². The number of aromatic nitrogens is 2. The molecule has 5 nitrogen and oxygen atoms in total. The van der Waals surface area contributed by atoms with E-state index in [4.69, 9.17) is 0 Å². The molecule has 2 saturated heterocycles. The van der Waals surface area contributed by atoms with Gasteiger partial charge >= 0.3 is 0 Å². The molecule has 0 bridgehead atoms. The van der Waals surface area contributed by atoms with Crippen LogP contribution in [0.25, 0.3) is 11.0 Å². The van der Waals surface area contributed by atoms with E-state index in [1.165, 1.54) is 12.1 Å². The summed E-state index contributed by atoms with van der Waals surface area (Å²) in [5.74, 6) is 1.20. The predicted molar refractivity (Wildman–Crippen MR) is 107 cm³/mol. The fourth-order valence-electron chi connectivity index (χ4n) is 4.31. The summed E-state index contributed by atoms with van der Waals surface area (Å²) >= 11 is 1.70. The fourth-order valence-corrected chi connectivity index (χ4v) is 5.11. The largest absolute Gasteiger partial charge is 0.342 e. The standard InChI is InChI=1S/C20H27FN4OS/c1-2-27-20-23-17-13-15(21)3-4-18(17)25(20)16-7-11-24(12-8-16)19(26)14-5-9-22-10-6-14/h3-4,13-14,16,22H,2,5-12H2,1H3. The molecule has 1 aromatic heterocycles. The van der Waals surface area contributed by atoms with Crippen molar-refractivity contribution in [3.8, 4) is 0 Å². The fraction of sp³-hybridized carbons (Fsp3) is 0.600. The first kappa shape index (κ1) is 18.7. The van der Waals surface area contributed by atoms with Crippen LogP contribution >= 0.6 is 11.8 Å². The monoisotopic (exact) mass is 390 g/mol. The second-order valence-corrected chi connectivity index (χ2v) is 8.64. The van der Waals surface area contributed by atoms with Crippen LogP contribution in [0.3, 0.4) is 0 Å². The Bertz CT molecular complexity index is 810. The number of thioether (sulfide) groups is 1. The maximum atomic E-state index is 13.6. The van der Waals surface area contributed by atoms with Gasteiger partial charge in [0.05, 0.1) is 11.0 Å². The summed E-state index contributed by atoms with van der Waals surface area (Å²) in [7, 11) is 0. The van der Waals surface area contributed by atoms with E-state index in [0.29, 0.717) is 11.9 Å². The lowest BCUT2D eigenvalue weighted by molar-refractivity contribution is -0.137. The SMILES string of the molecule is CCSc1nc2cc(F)ccc2n1C1CCN(C(=O)C2CCNCC2)CC1. The zero-order valence-corrected chi connectivity index (χ0v) is 16.6. The lowest BCUT2D eigenvalue weighted by Crippen LogP contribution is -2.44. The van der Waals surface area contributed by atoms with Gasteiger partial charge < -0.3 is 14.8 Å². The van der Waals surface area contributed by atoms with E-state index in [-0.39, 0.29) is 11.7 Å². The molecule has 2 aromatic rings. The van der Waals surface area contributed by atoms with Gasteiger partial charge in [0.15, 0.2) is 5.16 Å². The highest BCUT2D eigenvalue weighted by Gasteiger charge is 2.30. The second kappa shape index (κ2) is 8.19. The topological polar surface area (TPSA) is 50.2 Å². The van der Waals surface area contributed by atoms with Crippen molar-refractivity contribution in [1.29, 1.82) is 0 Å². The van der Waals surface area contributed by atoms with Crippen LogP contribution in [-0.2, 0) is 4.79 Å². The molecule has 0 saturated carbocycles. The molecule has 0 aliphatic carbocycles. The Morgan fingerprint density at radius 3 is 2.70 bits per heavy atom. The maximum absolute atomic E-state index is 13.6. The van der Waals surface area contributed by atoms with Gasteiger partial charge in [-0.15, -0.1) is 0 Å². The maximum Gasteiger partial charge on any atom is 0.225 e. The molecule has 0 spiro atoms. The van der Waals surface area contributed by atoms with Crippen LogP contribution in [0, 0.1) is 11.7 Å². The minimum absolute atomic E-state index is 0.186. The molecule has 1 aromatic carbocycles. The Morgan fingerprint density at radius 2 is 2.00 bits per heavy atom. The molecule has 0 radical (unpaired) electrons. The van der Waals surface area contributed by atoms with Crippen LogP contribution in [0.15, 0.2) is 23.4 Å². The Balaban J connectivity index is 1.50. The van der Waals surface area contributed by atoms with Gasteiger partial charge in [-0.2, -0.15) is 0 Å². The normalized spacial score (nSPS) is 19.7. The summed E-state index contributed by atoms with van der Waals surface area (Å²) in [6.07, 6.45) is 3.76. The zero-order chi connectivity index (χ0) is 18.8. The summed E-state index contributed by atoms with van der Waals surface area (Å²) in [5, 5.41) is 4.29. The molecule has 7 heteroatoms. The van der Waals surface area contributed by atoms with E-state index >= 15 is 0 Å². The van der Waals surface area contributed by atoms with Gasteiger partial charge in [-0.3, -0.25) is 4.79 Å². The lowest BCUT2D eigenvalue weighted by Gasteiger charge is -2.36. The molecule has 3 heterocycles. The molecule has 146 valence electrons. The van der Waals surface area contributed by atoms with Crippen LogP contribution in [0.5, 0.6) is 0 Å². The number of carbonyl (C=O) groups is 1. The average Bonchev–Trinajstić information content (AvgIpc) is 3.05. The number of fused-ring (bicyclic) bond motifs is 1. The summed E-state index contributed by atoms with van der Waals surface area (Å²) in [4.78, 5) is 19.5. The van der Waals surface area contributed by atoms with Crippen molar-refractivity contribution < 1.29 is 9.18 Å². The molecule has 1 N–H and O–H groups in total. The number of rotatable bonds is 4. The highest BCUT2D eigenvalue weighted by atomic mass is 32.2. The quantitative estimate of drug-likeness (QED) is 0.813. The molecule has 2 aliphatic heterocycles. The Labute approximate surface area is 163 Å². The number of piperidine rings is 2. The molecule has 4 rings (SSSR count). The van der Waals surface area contributed by atoms with E-state index in [9.17, 15) is 9.18 Å². The van der Waals surface area contributed by atoms with Gasteiger partial charge in [0.25, 0.3) is 0 Å². The van der Waals surface area contributed by atoms with E-state index < -0.39 is 0 Å². The van der Waals surface area contributed by atoms with E-state index in [1.807, 2.05) is 6.07 Å². The molecule has 0 atom stereocenters. The third-order valence-corrected chi connectivity index (χ3v) is 6.56. The summed E-state index contributed by atoms with van der Waals surface area (Å²) in [5.41, 5.74) is 1.72. The van der Waals surface area contributed by atoms with Crippen LogP contribution < -0.4 is 5.32 Å². The number of carbonyl (C=O) groups excluding carboxylic acids is 1. The van der Waals surface area contributed by atoms with Crippen molar-refractivity contribution in [3.63, 3.8) is 0 Å². The number of halogens is 1. The minimum Gasteiger partial charge on any atom is -0.342 e. The van der Waals surface area contributed by atoms with Gasteiger partial charge in [-0.05, 0) is 56.7 Å². The molecule has 1 amide bonds. The summed E-state index contributed by atoms with van der Waals surface area (Å²) in [6, 6.07) is 5.17. The summed E-state index contributed by atoms with van der Waals surface area (Å²) in [6.45, 7) is 5.59. The number of hydrogen-bond donors (Lipinski definition) is 1. The van der Waals surface area contributed by atoms with Gasteiger partial charge in [-0.1, -0.05) is 18.7 Å². The van der Waals surface area contributed by atoms with E-state index in [2.05, 4.69) is 26.7 Å². The number of likely N-dealkylation sites (tertiary alicyclic amines) is 1. The van der Waals surface area contributed by atoms with Crippen molar-refractivity contribution in [2.75, 3.05) is 31.9 Å². The van der Waals surface area contributed by atoms with Gasteiger partial charge in [0, 0.05) is 31.1 Å². The first-order chi connectivity index (χ1) is 13.2. The molecule has 27 heavy (non-hydrogen) atoms. The highest BCUT2D eigenvalue weighted by molar-refractivity contribution is 7.99. The third kappa shape index (κ3) is 3.85. The van der Waals surface area contributed by atoms with E-state index in [1.54, 1.807) is 11.8 Å². The van der Waals surface area contributed by atoms with Crippen LogP contribution in [0.1, 0.15) is 38.6 Å². The van der Waals surface area contributed by atoms with Gasteiger partial charge in [-0.25, -0.2) is 9.37 Å². The number of imidazole rings is 1. The van der Waals surface area contributed by atoms with Crippen molar-refractivity contribution in [2.24, 2.45) is 5.92 Å². The lowest BCUT2D eigenvalue weighted by atomic mass is 9.95. The van der Waals surface area contributed by atoms with Crippen molar-refractivity contribution in [1.82, 2.24) is 19.8 Å². The highest BCUT2D eigenvalue weighted by Crippen LogP contribution is 2.33. The van der Waals surface area contributed by atoms with Gasteiger partial charge in [0.2, 0.25) is 5.91 Å². The van der Waals surface area contributed by atoms with Crippen molar-refractivity contribution in [2.45, 2.75) is 43.8 Å². The predicted octanol–water partition coefficient (Wildman–Crippen LogP) is 3.45. The van der Waals surface area contributed by atoms with Gasteiger partial charge in [0.1, 0.15) is 5.82 Å². The van der Waals surface area contributed by atoms with Crippen molar-refractivity contribution >= 4 is 28.7 Å². The Morgan fingerprint density at radius 1 is 1.26 bits per heavy atom. The first-order valence-electron chi connectivity index (χ1n) is 9.97. The molecule has 2 fully saturated rings. The molecular formula is C20H27FN4OS. The number of hydrogen-bond acceptors (Lipinski definition) is 4. The van der Waals surface area contributed by atoms with Crippen LogP contribution in [-0.4, -0.2) is 52.3 Å². The molecule has 0 unspecified atom stereocenters. The second-order valence-electron chi connectivity index (χ2n) is 7.41. The Hall–Kier alpha value is -1.60. The van der Waals surface area contributed by atoms with Crippen LogP contribution in [0.4, 0.5) is 4.39 Å². The number of amides is 1. The molecular weight excluding hydrogens is 363 g/mol. The smallest absolute Gasteiger partial charge is 0.225 e. The average molecular weight is 391 g/mol. The molecule has 2 aliphatic rings. The number of benzene rings is 1. The van der Waals surface area contributed by atoms with Crippen molar-refractivity contribution in [3.05, 3.63) is 24.0 Å². The first-order valence-corrected chi connectivity index (χ1v) is 11.0.